The van der Waals surface area contributed by atoms with Crippen molar-refractivity contribution in [3.63, 3.8) is 0 Å². The fourth-order valence-corrected chi connectivity index (χ4v) is 6.46. The van der Waals surface area contributed by atoms with Gasteiger partial charge >= 0.3 is 5.63 Å². The lowest BCUT2D eigenvalue weighted by atomic mass is 9.71. The van der Waals surface area contributed by atoms with Gasteiger partial charge in [-0.05, 0) is 62.4 Å². The zero-order valence-electron chi connectivity index (χ0n) is 22.1. The number of nitrogens with zero attached hydrogens (tertiary/aromatic N) is 1. The van der Waals surface area contributed by atoms with Crippen LogP contribution in [0.3, 0.4) is 0 Å². The smallest absolute Gasteiger partial charge is 0.340 e. The Morgan fingerprint density at radius 3 is 2.66 bits per heavy atom. The molecule has 2 atom stereocenters. The molecule has 0 spiro atoms. The van der Waals surface area contributed by atoms with E-state index in [2.05, 4.69) is 0 Å². The Morgan fingerprint density at radius 2 is 1.89 bits per heavy atom. The number of aryl methyl sites for hydroxylation is 2. The number of fused-ring (bicyclic) bond motifs is 3. The molecular formula is C31H33NO6. The second kappa shape index (κ2) is 9.31. The van der Waals surface area contributed by atoms with E-state index in [4.69, 9.17) is 13.6 Å². The highest BCUT2D eigenvalue weighted by atomic mass is 16.5. The van der Waals surface area contributed by atoms with Gasteiger partial charge in [-0.1, -0.05) is 25.0 Å². The Kier molecular flexibility index (Phi) is 6.06. The summed E-state index contributed by atoms with van der Waals surface area (Å²) < 4.78 is 17.0. The lowest BCUT2D eigenvalue weighted by molar-refractivity contribution is -0.142. The summed E-state index contributed by atoms with van der Waals surface area (Å²) in [5, 5.41) is 12.7. The summed E-state index contributed by atoms with van der Waals surface area (Å²) in [4.78, 5) is 28.3. The van der Waals surface area contributed by atoms with Gasteiger partial charge in [-0.3, -0.25) is 4.79 Å². The molecule has 7 heteroatoms. The summed E-state index contributed by atoms with van der Waals surface area (Å²) >= 11 is 0. The van der Waals surface area contributed by atoms with Crippen molar-refractivity contribution in [2.75, 3.05) is 20.2 Å². The maximum absolute atomic E-state index is 13.4. The van der Waals surface area contributed by atoms with E-state index in [0.29, 0.717) is 36.2 Å². The van der Waals surface area contributed by atoms with Crippen LogP contribution in [0.1, 0.15) is 48.8 Å². The Bertz CT molecular complexity index is 1600. The zero-order valence-corrected chi connectivity index (χ0v) is 22.1. The van der Waals surface area contributed by atoms with Gasteiger partial charge in [0.25, 0.3) is 0 Å². The van der Waals surface area contributed by atoms with Gasteiger partial charge in [0.2, 0.25) is 5.91 Å². The van der Waals surface area contributed by atoms with Crippen molar-refractivity contribution in [2.45, 2.75) is 58.0 Å². The van der Waals surface area contributed by atoms with E-state index in [0.717, 1.165) is 64.5 Å². The summed E-state index contributed by atoms with van der Waals surface area (Å²) in [6.45, 7) is 4.84. The summed E-state index contributed by atoms with van der Waals surface area (Å²) in [5.74, 6) is 0.792. The molecule has 2 aliphatic rings. The van der Waals surface area contributed by atoms with Crippen LogP contribution >= 0.6 is 0 Å². The molecule has 1 N–H and O–H groups in total. The number of piperidine rings is 1. The van der Waals surface area contributed by atoms with Crippen LogP contribution in [0.5, 0.6) is 5.75 Å². The van der Waals surface area contributed by atoms with Gasteiger partial charge in [-0.25, -0.2) is 4.79 Å². The molecule has 1 saturated heterocycles. The highest BCUT2D eigenvalue weighted by Crippen LogP contribution is 2.40. The van der Waals surface area contributed by atoms with E-state index in [1.54, 1.807) is 13.4 Å². The molecule has 1 amide bonds. The topological polar surface area (TPSA) is 93.1 Å². The summed E-state index contributed by atoms with van der Waals surface area (Å²) in [6.07, 6.45) is 6.19. The maximum Gasteiger partial charge on any atom is 0.340 e. The Balaban J connectivity index is 1.36. The SMILES string of the molecule is COc1ccc(-c2coc3c(C)c4oc(=O)c(CC(=O)N5CCC6(O)CCCCC6C5)c(C)c4cc23)cc1. The largest absolute Gasteiger partial charge is 0.497 e. The number of rotatable bonds is 4. The second-order valence-corrected chi connectivity index (χ2v) is 10.9. The van der Waals surface area contributed by atoms with Crippen molar-refractivity contribution >= 4 is 27.8 Å². The van der Waals surface area contributed by atoms with Crippen LogP contribution in [-0.2, 0) is 11.2 Å². The first-order valence-corrected chi connectivity index (χ1v) is 13.4. The highest BCUT2D eigenvalue weighted by Gasteiger charge is 2.43. The number of hydrogen-bond acceptors (Lipinski definition) is 6. The number of amides is 1. The lowest BCUT2D eigenvalue weighted by Crippen LogP contribution is -2.55. The van der Waals surface area contributed by atoms with Crippen molar-refractivity contribution in [3.05, 3.63) is 63.7 Å². The second-order valence-electron chi connectivity index (χ2n) is 10.9. The van der Waals surface area contributed by atoms with E-state index in [9.17, 15) is 14.7 Å². The lowest BCUT2D eigenvalue weighted by Gasteiger charge is -2.47. The zero-order chi connectivity index (χ0) is 26.6. The molecule has 3 heterocycles. The molecule has 0 radical (unpaired) electrons. The number of hydrogen-bond donors (Lipinski definition) is 1. The van der Waals surface area contributed by atoms with E-state index < -0.39 is 11.2 Å². The van der Waals surface area contributed by atoms with Crippen LogP contribution < -0.4 is 10.4 Å². The molecular weight excluding hydrogens is 482 g/mol. The molecule has 38 heavy (non-hydrogen) atoms. The van der Waals surface area contributed by atoms with E-state index >= 15 is 0 Å². The van der Waals surface area contributed by atoms with Gasteiger partial charge in [0.05, 0.1) is 31.0 Å². The van der Waals surface area contributed by atoms with Crippen LogP contribution in [0.2, 0.25) is 0 Å². The third-order valence-corrected chi connectivity index (χ3v) is 8.85. The first-order chi connectivity index (χ1) is 18.3. The van der Waals surface area contributed by atoms with Crippen LogP contribution in [0.25, 0.3) is 33.1 Å². The van der Waals surface area contributed by atoms with Gasteiger partial charge in [-0.15, -0.1) is 0 Å². The molecule has 2 aromatic heterocycles. The van der Waals surface area contributed by atoms with Crippen LogP contribution in [-0.4, -0.2) is 41.7 Å². The van der Waals surface area contributed by atoms with E-state index in [-0.39, 0.29) is 18.2 Å². The molecule has 7 nitrogen and oxygen atoms in total. The third kappa shape index (κ3) is 4.00. The van der Waals surface area contributed by atoms with E-state index in [1.165, 1.54) is 0 Å². The van der Waals surface area contributed by atoms with Gasteiger partial charge in [0.15, 0.2) is 0 Å². The average molecular weight is 516 g/mol. The summed E-state index contributed by atoms with van der Waals surface area (Å²) in [6, 6.07) is 9.78. The molecule has 1 aliphatic carbocycles. The van der Waals surface area contributed by atoms with Crippen molar-refractivity contribution < 1.29 is 23.5 Å². The molecule has 1 aliphatic heterocycles. The molecule has 4 aromatic rings. The summed E-state index contributed by atoms with van der Waals surface area (Å²) in [7, 11) is 1.64. The first-order valence-electron chi connectivity index (χ1n) is 13.4. The maximum atomic E-state index is 13.4. The Labute approximate surface area is 221 Å². The van der Waals surface area contributed by atoms with Gasteiger partial charge < -0.3 is 23.6 Å². The van der Waals surface area contributed by atoms with Crippen molar-refractivity contribution in [3.8, 4) is 16.9 Å². The van der Waals surface area contributed by atoms with Crippen molar-refractivity contribution in [2.24, 2.45) is 5.92 Å². The fourth-order valence-electron chi connectivity index (χ4n) is 6.46. The highest BCUT2D eigenvalue weighted by molar-refractivity contribution is 6.05. The predicted octanol–water partition coefficient (Wildman–Crippen LogP) is 5.53. The number of aliphatic hydroxyl groups is 1. The minimum Gasteiger partial charge on any atom is -0.497 e. The van der Waals surface area contributed by atoms with Crippen molar-refractivity contribution in [1.29, 1.82) is 0 Å². The van der Waals surface area contributed by atoms with Crippen molar-refractivity contribution in [1.82, 2.24) is 4.90 Å². The number of ether oxygens (including phenoxy) is 1. The summed E-state index contributed by atoms with van der Waals surface area (Å²) in [5.41, 5.74) is 3.83. The standard InChI is InChI=1S/C31H33NO6/c1-18-23-14-25-26(20-7-9-22(36-3)10-8-20)17-37-28(25)19(2)29(23)38-30(34)24(18)15-27(33)32-13-12-31(35)11-5-4-6-21(31)16-32/h7-10,14,17,21,35H,4-6,11-13,15-16H2,1-3H3. The monoisotopic (exact) mass is 515 g/mol. The average Bonchev–Trinajstić information content (AvgIpc) is 3.35. The first kappa shape index (κ1) is 24.7. The Morgan fingerprint density at radius 1 is 1.11 bits per heavy atom. The molecule has 1 saturated carbocycles. The molecule has 0 bridgehead atoms. The Hall–Kier alpha value is -3.58. The number of benzene rings is 2. The number of likely N-dealkylation sites (tertiary alicyclic amines) is 1. The molecule has 2 aromatic carbocycles. The molecule has 2 fully saturated rings. The predicted molar refractivity (Wildman–Crippen MR) is 146 cm³/mol. The minimum absolute atomic E-state index is 0.0108. The minimum atomic E-state index is -0.651. The normalized spacial score (nSPS) is 21.6. The number of furan rings is 1. The number of methoxy groups -OCH3 is 1. The van der Waals surface area contributed by atoms with Crippen LogP contribution in [0.15, 0.2) is 50.2 Å². The molecule has 198 valence electrons. The fraction of sp³-hybridized carbons (Fsp3) is 0.419. The number of carbonyl (C=O) groups is 1. The van der Waals surface area contributed by atoms with Gasteiger partial charge in [0, 0.05) is 40.9 Å². The van der Waals surface area contributed by atoms with E-state index in [1.807, 2.05) is 49.1 Å². The molecule has 6 rings (SSSR count). The molecule has 2 unspecified atom stereocenters. The number of carbonyl (C=O) groups excluding carboxylic acids is 1. The van der Waals surface area contributed by atoms with Crippen LogP contribution in [0.4, 0.5) is 0 Å². The van der Waals surface area contributed by atoms with Crippen LogP contribution in [0, 0.1) is 19.8 Å². The quantitative estimate of drug-likeness (QED) is 0.360. The van der Waals surface area contributed by atoms with Gasteiger partial charge in [0.1, 0.15) is 16.9 Å². The van der Waals surface area contributed by atoms with Gasteiger partial charge in [-0.2, -0.15) is 0 Å². The third-order valence-electron chi connectivity index (χ3n) is 8.85.